The van der Waals surface area contributed by atoms with Crippen LogP contribution in [0.4, 0.5) is 11.4 Å². The lowest BCUT2D eigenvalue weighted by atomic mass is 10.1. The molecule has 2 aromatic rings. The lowest BCUT2D eigenvalue weighted by Crippen LogP contribution is -2.25. The van der Waals surface area contributed by atoms with Crippen molar-refractivity contribution in [2.45, 2.75) is 46.8 Å². The van der Waals surface area contributed by atoms with E-state index in [4.69, 9.17) is 10.5 Å². The molecule has 0 aromatic heterocycles. The van der Waals surface area contributed by atoms with Gasteiger partial charge in [-0.2, -0.15) is 0 Å². The van der Waals surface area contributed by atoms with Crippen molar-refractivity contribution in [2.75, 3.05) is 11.1 Å². The molecule has 146 valence electrons. The van der Waals surface area contributed by atoms with Gasteiger partial charge >= 0.3 is 0 Å². The zero-order valence-electron chi connectivity index (χ0n) is 16.9. The van der Waals surface area contributed by atoms with Crippen molar-refractivity contribution in [3.05, 3.63) is 72.1 Å². The van der Waals surface area contributed by atoms with Gasteiger partial charge in [-0.05, 0) is 57.2 Å². The van der Waals surface area contributed by atoms with E-state index < -0.39 is 0 Å². The number of rotatable bonds is 6. The third-order valence-corrected chi connectivity index (χ3v) is 3.34. The molecule has 0 saturated carbocycles. The van der Waals surface area contributed by atoms with Gasteiger partial charge in [0.1, 0.15) is 5.60 Å². The first-order chi connectivity index (χ1) is 12.7. The summed E-state index contributed by atoms with van der Waals surface area (Å²) in [5.41, 5.74) is 8.28. The molecule has 0 fully saturated rings. The van der Waals surface area contributed by atoms with Gasteiger partial charge in [0.25, 0.3) is 5.91 Å². The minimum atomic E-state index is -0.286. The molecule has 0 aliphatic carbocycles. The van der Waals surface area contributed by atoms with Crippen molar-refractivity contribution >= 4 is 17.3 Å². The van der Waals surface area contributed by atoms with E-state index in [2.05, 4.69) is 17.2 Å². The highest BCUT2D eigenvalue weighted by molar-refractivity contribution is 6.05. The monoisotopic (exact) mass is 369 g/mol. The molecule has 2 aromatic carbocycles. The van der Waals surface area contributed by atoms with Crippen molar-refractivity contribution in [3.63, 3.8) is 0 Å². The van der Waals surface area contributed by atoms with Crippen LogP contribution < -0.4 is 16.4 Å². The number of nitrogens with two attached hydrogens (primary N) is 1. The molecule has 0 atom stereocenters. The average Bonchev–Trinajstić information content (AvgIpc) is 2.62. The fourth-order valence-electron chi connectivity index (χ4n) is 2.19. The van der Waals surface area contributed by atoms with Gasteiger partial charge in [-0.1, -0.05) is 38.1 Å². The topological polar surface area (TPSA) is 76.4 Å². The van der Waals surface area contributed by atoms with E-state index in [1.54, 1.807) is 24.3 Å². The molecule has 0 aliphatic heterocycles. The van der Waals surface area contributed by atoms with Gasteiger partial charge < -0.3 is 21.1 Å². The number of anilines is 2. The van der Waals surface area contributed by atoms with Gasteiger partial charge in [-0.15, -0.1) is 0 Å². The number of ether oxygens (including phenoxy) is 1. The number of benzene rings is 2. The number of hydrogen-bond acceptors (Lipinski definition) is 4. The number of nitrogens with one attached hydrogen (secondary N) is 2. The van der Waals surface area contributed by atoms with Gasteiger partial charge in [0, 0.05) is 12.1 Å². The van der Waals surface area contributed by atoms with Crippen molar-refractivity contribution in [3.8, 4) is 0 Å². The summed E-state index contributed by atoms with van der Waals surface area (Å²) in [6.07, 6.45) is 0. The van der Waals surface area contributed by atoms with Crippen LogP contribution in [0.25, 0.3) is 0 Å². The Balaban J connectivity index is 0.00000176. The molecule has 0 bridgehead atoms. The average molecular weight is 370 g/mol. The lowest BCUT2D eigenvalue weighted by Gasteiger charge is -2.23. The van der Waals surface area contributed by atoms with Gasteiger partial charge in [-0.25, -0.2) is 0 Å². The summed E-state index contributed by atoms with van der Waals surface area (Å²) < 4.78 is 5.62. The molecule has 5 nitrogen and oxygen atoms in total. The van der Waals surface area contributed by atoms with Crippen LogP contribution in [0.5, 0.6) is 0 Å². The third-order valence-electron chi connectivity index (χ3n) is 3.34. The zero-order valence-corrected chi connectivity index (χ0v) is 16.9. The summed E-state index contributed by atoms with van der Waals surface area (Å²) in [5, 5.41) is 5.93. The Bertz CT molecular complexity index is 747. The number of carbonyl (C=O) groups is 1. The van der Waals surface area contributed by atoms with E-state index in [1.165, 1.54) is 0 Å². The highest BCUT2D eigenvalue weighted by atomic mass is 16.5. The summed E-state index contributed by atoms with van der Waals surface area (Å²) in [6.45, 7) is 14.3. The zero-order chi connectivity index (χ0) is 20.4. The maximum Gasteiger partial charge on any atom is 0.255 e. The molecule has 0 unspecified atom stereocenters. The molecule has 0 radical (unpaired) electrons. The van der Waals surface area contributed by atoms with E-state index in [1.807, 2.05) is 58.9 Å². The van der Waals surface area contributed by atoms with Gasteiger partial charge in [0.2, 0.25) is 0 Å². The highest BCUT2D eigenvalue weighted by Crippen LogP contribution is 2.18. The summed E-state index contributed by atoms with van der Waals surface area (Å²) in [7, 11) is 0. The normalized spacial score (nSPS) is 10.3. The molecule has 0 aliphatic rings. The van der Waals surface area contributed by atoms with Crippen LogP contribution in [0.3, 0.4) is 0 Å². The third kappa shape index (κ3) is 7.86. The second kappa shape index (κ2) is 10.3. The molecule has 0 heterocycles. The quantitative estimate of drug-likeness (QED) is 0.499. The van der Waals surface area contributed by atoms with Gasteiger partial charge in [-0.3, -0.25) is 4.79 Å². The fraction of sp³-hybridized carbons (Fsp3) is 0.318. The number of hydrogen-bond donors (Lipinski definition) is 3. The Kier molecular flexibility index (Phi) is 8.39. The number of amides is 1. The van der Waals surface area contributed by atoms with Crippen LogP contribution in [-0.2, 0) is 11.3 Å². The predicted octanol–water partition coefficient (Wildman–Crippen LogP) is 4.92. The predicted molar refractivity (Wildman–Crippen MR) is 113 cm³/mol. The fourth-order valence-corrected chi connectivity index (χ4v) is 2.19. The second-order valence-electron chi connectivity index (χ2n) is 6.73. The first-order valence-electron chi connectivity index (χ1n) is 9.11. The molecule has 27 heavy (non-hydrogen) atoms. The van der Waals surface area contributed by atoms with E-state index in [0.29, 0.717) is 29.4 Å². The maximum atomic E-state index is 12.3. The summed E-state index contributed by atoms with van der Waals surface area (Å²) in [5.74, 6) is 0.326. The minimum Gasteiger partial charge on any atom is -0.474 e. The first-order valence-corrected chi connectivity index (χ1v) is 9.11. The smallest absolute Gasteiger partial charge is 0.255 e. The minimum absolute atomic E-state index is 0.196. The molecule has 0 saturated heterocycles. The lowest BCUT2D eigenvalue weighted by molar-refractivity contribution is 0.0410. The van der Waals surface area contributed by atoms with Gasteiger partial charge in [0.05, 0.1) is 11.4 Å². The maximum absolute atomic E-state index is 12.3. The van der Waals surface area contributed by atoms with Crippen LogP contribution in [0, 0.1) is 0 Å². The van der Waals surface area contributed by atoms with E-state index in [-0.39, 0.29) is 11.5 Å². The van der Waals surface area contributed by atoms with Gasteiger partial charge in [0.15, 0.2) is 5.88 Å². The SMILES string of the molecule is C=C(NCc1ccc(C(=O)Nc2ccccc2N)cc1)OC(C)(C)C.CC. The highest BCUT2D eigenvalue weighted by Gasteiger charge is 2.12. The van der Waals surface area contributed by atoms with Crippen molar-refractivity contribution in [2.24, 2.45) is 0 Å². The second-order valence-corrected chi connectivity index (χ2v) is 6.73. The van der Waals surface area contributed by atoms with Crippen molar-refractivity contribution < 1.29 is 9.53 Å². The Hall–Kier alpha value is -2.95. The number of nitrogen functional groups attached to an aromatic ring is 1. The Labute approximate surface area is 162 Å². The Morgan fingerprint density at radius 2 is 1.67 bits per heavy atom. The van der Waals surface area contributed by atoms with E-state index in [9.17, 15) is 4.79 Å². The van der Waals surface area contributed by atoms with Crippen molar-refractivity contribution in [1.82, 2.24) is 5.32 Å². The number of carbonyl (C=O) groups excluding carboxylic acids is 1. The van der Waals surface area contributed by atoms with Crippen LogP contribution in [0.2, 0.25) is 0 Å². The standard InChI is InChI=1S/C20H25N3O2.C2H6/c1-14(25-20(2,3)4)22-13-15-9-11-16(12-10-15)19(24)23-18-8-6-5-7-17(18)21;1-2/h5-12,22H,1,13,21H2,2-4H3,(H,23,24);1-2H3. The molecule has 1 amide bonds. The molecule has 4 N–H and O–H groups in total. The van der Waals surface area contributed by atoms with E-state index in [0.717, 1.165) is 5.56 Å². The molecule has 5 heteroatoms. The molecule has 2 rings (SSSR count). The molecular formula is C22H31N3O2. The number of para-hydroxylation sites is 2. The Morgan fingerprint density at radius 1 is 1.07 bits per heavy atom. The van der Waals surface area contributed by atoms with Crippen LogP contribution in [0.15, 0.2) is 61.0 Å². The van der Waals surface area contributed by atoms with E-state index >= 15 is 0 Å². The van der Waals surface area contributed by atoms with Crippen LogP contribution in [0.1, 0.15) is 50.5 Å². The molecule has 0 spiro atoms. The summed E-state index contributed by atoms with van der Waals surface area (Å²) in [4.78, 5) is 12.3. The first kappa shape index (κ1) is 22.1. The largest absolute Gasteiger partial charge is 0.474 e. The summed E-state index contributed by atoms with van der Waals surface area (Å²) >= 11 is 0. The Morgan fingerprint density at radius 3 is 2.22 bits per heavy atom. The molecular weight excluding hydrogens is 338 g/mol. The van der Waals surface area contributed by atoms with Crippen molar-refractivity contribution in [1.29, 1.82) is 0 Å². The van der Waals surface area contributed by atoms with Crippen LogP contribution >= 0.6 is 0 Å². The summed E-state index contributed by atoms with van der Waals surface area (Å²) in [6, 6.07) is 14.5. The van der Waals surface area contributed by atoms with Crippen LogP contribution in [-0.4, -0.2) is 11.5 Å².